The van der Waals surface area contributed by atoms with Gasteiger partial charge in [0.2, 0.25) is 0 Å². The maximum absolute atomic E-state index is 6.19. The molecule has 0 aliphatic heterocycles. The van der Waals surface area contributed by atoms with E-state index < -0.39 is 0 Å². The first kappa shape index (κ1) is 15.5. The number of nitrogens with two attached hydrogens (primary N) is 1. The summed E-state index contributed by atoms with van der Waals surface area (Å²) in [4.78, 5) is 4.07. The number of nitrogens with zero attached hydrogens (tertiary/aromatic N) is 3. The monoisotopic (exact) mass is 286 g/mol. The number of unbranched alkanes of at least 4 members (excludes halogenated alkanes) is 5. The van der Waals surface area contributed by atoms with Gasteiger partial charge in [-0.1, -0.05) is 39.0 Å². The van der Waals surface area contributed by atoms with Crippen molar-refractivity contribution >= 4 is 5.82 Å². The van der Waals surface area contributed by atoms with E-state index in [1.54, 1.807) is 17.1 Å². The van der Waals surface area contributed by atoms with Crippen LogP contribution in [0.15, 0.2) is 24.5 Å². The summed E-state index contributed by atoms with van der Waals surface area (Å²) in [7, 11) is 1.91. The second-order valence-corrected chi connectivity index (χ2v) is 5.58. The molecule has 2 aromatic heterocycles. The fraction of sp³-hybridized carbons (Fsp3) is 0.529. The number of aryl methyl sites for hydroxylation is 2. The third-order valence-electron chi connectivity index (χ3n) is 3.90. The molecule has 0 aromatic carbocycles. The van der Waals surface area contributed by atoms with Gasteiger partial charge in [-0.05, 0) is 30.5 Å². The summed E-state index contributed by atoms with van der Waals surface area (Å²) in [5, 5.41) is 4.59. The molecule has 2 rings (SSSR count). The van der Waals surface area contributed by atoms with Gasteiger partial charge < -0.3 is 5.73 Å². The molecule has 0 unspecified atom stereocenters. The molecule has 0 fully saturated rings. The molecule has 0 aliphatic rings. The summed E-state index contributed by atoms with van der Waals surface area (Å²) >= 11 is 0. The molecule has 0 bridgehead atoms. The average molecular weight is 286 g/mol. The molecule has 0 spiro atoms. The largest absolute Gasteiger partial charge is 0.383 e. The molecule has 4 nitrogen and oxygen atoms in total. The van der Waals surface area contributed by atoms with E-state index in [9.17, 15) is 0 Å². The second kappa shape index (κ2) is 7.81. The molecule has 0 saturated carbocycles. The Morgan fingerprint density at radius 2 is 1.71 bits per heavy atom. The third-order valence-corrected chi connectivity index (χ3v) is 3.90. The van der Waals surface area contributed by atoms with Gasteiger partial charge in [-0.25, -0.2) is 0 Å². The second-order valence-electron chi connectivity index (χ2n) is 5.58. The summed E-state index contributed by atoms with van der Waals surface area (Å²) in [5.41, 5.74) is 9.48. The molecule has 2 heterocycles. The molecule has 0 radical (unpaired) electrons. The molecule has 0 saturated heterocycles. The molecule has 2 N–H and O–H groups in total. The standard InChI is InChI=1S/C17H26N4/c1-3-4-5-6-7-8-9-15-16(17(18)21(2)20-15)14-10-12-19-13-11-14/h10-13H,3-9,18H2,1-2H3. The van der Waals surface area contributed by atoms with E-state index in [2.05, 4.69) is 17.0 Å². The Bertz CT molecular complexity index is 545. The first-order chi connectivity index (χ1) is 10.2. The van der Waals surface area contributed by atoms with Gasteiger partial charge >= 0.3 is 0 Å². The highest BCUT2D eigenvalue weighted by Gasteiger charge is 2.15. The topological polar surface area (TPSA) is 56.7 Å². The van der Waals surface area contributed by atoms with Gasteiger partial charge in [0.05, 0.1) is 5.69 Å². The Labute approximate surface area is 127 Å². The zero-order valence-corrected chi connectivity index (χ0v) is 13.2. The minimum absolute atomic E-state index is 0.738. The van der Waals surface area contributed by atoms with E-state index in [4.69, 9.17) is 5.73 Å². The molecule has 0 amide bonds. The van der Waals surface area contributed by atoms with Crippen LogP contribution in [0, 0.1) is 0 Å². The zero-order valence-electron chi connectivity index (χ0n) is 13.2. The minimum atomic E-state index is 0.738. The zero-order chi connectivity index (χ0) is 15.1. The van der Waals surface area contributed by atoms with E-state index in [0.29, 0.717) is 0 Å². The van der Waals surface area contributed by atoms with Crippen molar-refractivity contribution in [3.8, 4) is 11.1 Å². The van der Waals surface area contributed by atoms with Crippen molar-refractivity contribution in [3.05, 3.63) is 30.2 Å². The Balaban J connectivity index is 2.01. The van der Waals surface area contributed by atoms with Crippen LogP contribution in [-0.4, -0.2) is 14.8 Å². The quantitative estimate of drug-likeness (QED) is 0.747. The van der Waals surface area contributed by atoms with E-state index in [-0.39, 0.29) is 0 Å². The van der Waals surface area contributed by atoms with Gasteiger partial charge in [0.25, 0.3) is 0 Å². The van der Waals surface area contributed by atoms with Crippen molar-refractivity contribution in [2.75, 3.05) is 5.73 Å². The van der Waals surface area contributed by atoms with Crippen molar-refractivity contribution in [3.63, 3.8) is 0 Å². The van der Waals surface area contributed by atoms with Crippen molar-refractivity contribution in [1.82, 2.24) is 14.8 Å². The van der Waals surface area contributed by atoms with E-state index in [0.717, 1.165) is 29.1 Å². The third kappa shape index (κ3) is 4.06. The smallest absolute Gasteiger partial charge is 0.129 e. The van der Waals surface area contributed by atoms with Crippen LogP contribution in [0.3, 0.4) is 0 Å². The number of rotatable bonds is 8. The van der Waals surface area contributed by atoms with Gasteiger partial charge in [0, 0.05) is 25.0 Å². The first-order valence-electron chi connectivity index (χ1n) is 7.95. The molecule has 2 aromatic rings. The van der Waals surface area contributed by atoms with Crippen molar-refractivity contribution in [2.24, 2.45) is 7.05 Å². The van der Waals surface area contributed by atoms with Crippen LogP contribution in [0.2, 0.25) is 0 Å². The van der Waals surface area contributed by atoms with Crippen LogP contribution in [0.1, 0.15) is 51.1 Å². The van der Waals surface area contributed by atoms with E-state index in [1.165, 1.54) is 38.5 Å². The molecular formula is C17H26N4. The average Bonchev–Trinajstić information content (AvgIpc) is 2.79. The predicted octanol–water partition coefficient (Wildman–Crippen LogP) is 3.97. The normalized spacial score (nSPS) is 11.0. The highest BCUT2D eigenvalue weighted by Crippen LogP contribution is 2.29. The van der Waals surface area contributed by atoms with Gasteiger partial charge in [0.15, 0.2) is 0 Å². The van der Waals surface area contributed by atoms with Crippen LogP contribution in [0.5, 0.6) is 0 Å². The van der Waals surface area contributed by atoms with E-state index >= 15 is 0 Å². The summed E-state index contributed by atoms with van der Waals surface area (Å²) in [5.74, 6) is 0.738. The number of nitrogen functional groups attached to an aromatic ring is 1. The lowest BCUT2D eigenvalue weighted by molar-refractivity contribution is 0.601. The molecule has 21 heavy (non-hydrogen) atoms. The van der Waals surface area contributed by atoms with Gasteiger partial charge in [-0.15, -0.1) is 0 Å². The summed E-state index contributed by atoms with van der Waals surface area (Å²) in [6.07, 6.45) is 12.4. The minimum Gasteiger partial charge on any atom is -0.383 e. The van der Waals surface area contributed by atoms with Crippen LogP contribution < -0.4 is 5.73 Å². The van der Waals surface area contributed by atoms with Crippen LogP contribution in [-0.2, 0) is 13.5 Å². The molecule has 114 valence electrons. The highest BCUT2D eigenvalue weighted by molar-refractivity contribution is 5.76. The molecular weight excluding hydrogens is 260 g/mol. The number of hydrogen-bond acceptors (Lipinski definition) is 3. The number of anilines is 1. The number of hydrogen-bond donors (Lipinski definition) is 1. The van der Waals surface area contributed by atoms with Crippen molar-refractivity contribution < 1.29 is 0 Å². The summed E-state index contributed by atoms with van der Waals surface area (Å²) < 4.78 is 1.78. The van der Waals surface area contributed by atoms with Gasteiger partial charge in [-0.3, -0.25) is 9.67 Å². The highest BCUT2D eigenvalue weighted by atomic mass is 15.3. The lowest BCUT2D eigenvalue weighted by Crippen LogP contribution is -1.98. The Morgan fingerprint density at radius 1 is 1.05 bits per heavy atom. The summed E-state index contributed by atoms with van der Waals surface area (Å²) in [6.45, 7) is 2.25. The Kier molecular flexibility index (Phi) is 5.78. The lowest BCUT2D eigenvalue weighted by Gasteiger charge is -2.04. The first-order valence-corrected chi connectivity index (χ1v) is 7.95. The fourth-order valence-corrected chi connectivity index (χ4v) is 2.68. The number of aromatic nitrogens is 3. The van der Waals surface area contributed by atoms with Crippen LogP contribution in [0.25, 0.3) is 11.1 Å². The Hall–Kier alpha value is -1.84. The van der Waals surface area contributed by atoms with Crippen molar-refractivity contribution in [2.45, 2.75) is 51.9 Å². The predicted molar refractivity (Wildman–Crippen MR) is 87.9 cm³/mol. The van der Waals surface area contributed by atoms with E-state index in [1.807, 2.05) is 19.2 Å². The fourth-order valence-electron chi connectivity index (χ4n) is 2.68. The summed E-state index contributed by atoms with van der Waals surface area (Å²) in [6, 6.07) is 4.00. The Morgan fingerprint density at radius 3 is 2.43 bits per heavy atom. The van der Waals surface area contributed by atoms with Gasteiger partial charge in [0.1, 0.15) is 5.82 Å². The molecule has 4 heteroatoms. The maximum atomic E-state index is 6.19. The SMILES string of the molecule is CCCCCCCCc1nn(C)c(N)c1-c1ccncc1. The van der Waals surface area contributed by atoms with Crippen LogP contribution >= 0.6 is 0 Å². The molecule has 0 atom stereocenters. The van der Waals surface area contributed by atoms with Gasteiger partial charge in [-0.2, -0.15) is 5.10 Å². The number of pyridine rings is 1. The molecule has 0 aliphatic carbocycles. The van der Waals surface area contributed by atoms with Crippen LogP contribution in [0.4, 0.5) is 5.82 Å². The van der Waals surface area contributed by atoms with Crippen molar-refractivity contribution in [1.29, 1.82) is 0 Å². The maximum Gasteiger partial charge on any atom is 0.129 e. The lowest BCUT2D eigenvalue weighted by atomic mass is 10.0.